The van der Waals surface area contributed by atoms with Gasteiger partial charge in [0, 0.05) is 25.2 Å². The zero-order chi connectivity index (χ0) is 13.2. The second-order valence-corrected chi connectivity index (χ2v) is 5.54. The molecule has 0 spiro atoms. The van der Waals surface area contributed by atoms with Crippen molar-refractivity contribution in [1.82, 2.24) is 0 Å². The molecule has 0 saturated carbocycles. The average molecular weight is 249 g/mol. The quantitative estimate of drug-likeness (QED) is 0.861. The third-order valence-electron chi connectivity index (χ3n) is 4.49. The van der Waals surface area contributed by atoms with E-state index < -0.39 is 5.60 Å². The first-order chi connectivity index (χ1) is 8.52. The maximum absolute atomic E-state index is 11.0. The lowest BCUT2D eigenvalue weighted by atomic mass is 9.65. The maximum Gasteiger partial charge on any atom is 0.0938 e. The minimum Gasteiger partial charge on any atom is -0.385 e. The van der Waals surface area contributed by atoms with Gasteiger partial charge in [0.1, 0.15) is 0 Å². The molecular formula is C15H23NO2. The molecule has 1 heterocycles. The fraction of sp³-hybridized carbons (Fsp3) is 0.600. The maximum atomic E-state index is 11.0. The summed E-state index contributed by atoms with van der Waals surface area (Å²) < 4.78 is 5.41. The largest absolute Gasteiger partial charge is 0.385 e. The van der Waals surface area contributed by atoms with Gasteiger partial charge in [-0.2, -0.15) is 0 Å². The van der Waals surface area contributed by atoms with Crippen LogP contribution in [0.5, 0.6) is 0 Å². The first-order valence-electron chi connectivity index (χ1n) is 6.59. The van der Waals surface area contributed by atoms with Crippen molar-refractivity contribution in [3.8, 4) is 0 Å². The summed E-state index contributed by atoms with van der Waals surface area (Å²) >= 11 is 0. The number of aliphatic hydroxyl groups is 1. The lowest BCUT2D eigenvalue weighted by Gasteiger charge is -2.47. The second-order valence-electron chi connectivity index (χ2n) is 5.54. The van der Waals surface area contributed by atoms with Gasteiger partial charge in [0.05, 0.1) is 5.60 Å². The molecule has 0 amide bonds. The van der Waals surface area contributed by atoms with Gasteiger partial charge in [-0.15, -0.1) is 0 Å². The van der Waals surface area contributed by atoms with Crippen LogP contribution in [0.4, 0.5) is 0 Å². The summed E-state index contributed by atoms with van der Waals surface area (Å²) in [6.45, 7) is 5.77. The summed E-state index contributed by atoms with van der Waals surface area (Å²) in [7, 11) is 0. The molecule has 1 aromatic rings. The summed E-state index contributed by atoms with van der Waals surface area (Å²) in [6, 6.07) is 8.07. The average Bonchev–Trinajstić information content (AvgIpc) is 2.40. The lowest BCUT2D eigenvalue weighted by molar-refractivity contribution is -0.123. The van der Waals surface area contributed by atoms with E-state index in [1.807, 2.05) is 38.1 Å². The van der Waals surface area contributed by atoms with E-state index in [2.05, 4.69) is 0 Å². The van der Waals surface area contributed by atoms with Crippen LogP contribution in [-0.2, 0) is 10.3 Å². The van der Waals surface area contributed by atoms with E-state index in [0.717, 1.165) is 18.4 Å². The SMILES string of the molecule is Cc1ccc(C(C)(O)C2(CN)CCOCC2)cc1. The fourth-order valence-electron chi connectivity index (χ4n) is 2.84. The fourth-order valence-corrected chi connectivity index (χ4v) is 2.84. The van der Waals surface area contributed by atoms with Crippen molar-refractivity contribution in [2.75, 3.05) is 19.8 Å². The predicted octanol–water partition coefficient (Wildman–Crippen LogP) is 1.96. The summed E-state index contributed by atoms with van der Waals surface area (Å²) in [5.74, 6) is 0. The van der Waals surface area contributed by atoms with Crippen molar-refractivity contribution in [3.05, 3.63) is 35.4 Å². The Morgan fingerprint density at radius 1 is 1.28 bits per heavy atom. The van der Waals surface area contributed by atoms with Crippen molar-refractivity contribution in [1.29, 1.82) is 0 Å². The lowest BCUT2D eigenvalue weighted by Crippen LogP contribution is -2.51. The monoisotopic (exact) mass is 249 g/mol. The van der Waals surface area contributed by atoms with E-state index in [9.17, 15) is 5.11 Å². The first-order valence-corrected chi connectivity index (χ1v) is 6.59. The van der Waals surface area contributed by atoms with E-state index in [4.69, 9.17) is 10.5 Å². The summed E-state index contributed by atoms with van der Waals surface area (Å²) in [5, 5.41) is 11.0. The van der Waals surface area contributed by atoms with Gasteiger partial charge < -0.3 is 15.6 Å². The van der Waals surface area contributed by atoms with Crippen LogP contribution in [0.2, 0.25) is 0 Å². The highest BCUT2D eigenvalue weighted by Crippen LogP contribution is 2.46. The van der Waals surface area contributed by atoms with Crippen LogP contribution in [0.15, 0.2) is 24.3 Å². The van der Waals surface area contributed by atoms with Crippen LogP contribution in [0.1, 0.15) is 30.9 Å². The third-order valence-corrected chi connectivity index (χ3v) is 4.49. The molecule has 0 radical (unpaired) electrons. The normalized spacial score (nSPS) is 22.4. The van der Waals surface area contributed by atoms with Gasteiger partial charge in [-0.25, -0.2) is 0 Å². The molecule has 0 bridgehead atoms. The van der Waals surface area contributed by atoms with Crippen molar-refractivity contribution in [3.63, 3.8) is 0 Å². The molecule has 18 heavy (non-hydrogen) atoms. The third kappa shape index (κ3) is 2.18. The van der Waals surface area contributed by atoms with Crippen LogP contribution in [-0.4, -0.2) is 24.9 Å². The number of aryl methyl sites for hydroxylation is 1. The Hall–Kier alpha value is -0.900. The molecule has 3 N–H and O–H groups in total. The van der Waals surface area contributed by atoms with Crippen molar-refractivity contribution in [2.24, 2.45) is 11.1 Å². The predicted molar refractivity (Wildman–Crippen MR) is 72.3 cm³/mol. The Kier molecular flexibility index (Phi) is 3.76. The van der Waals surface area contributed by atoms with Crippen molar-refractivity contribution < 1.29 is 9.84 Å². The Morgan fingerprint density at radius 3 is 2.33 bits per heavy atom. The zero-order valence-corrected chi connectivity index (χ0v) is 11.3. The summed E-state index contributed by atoms with van der Waals surface area (Å²) in [4.78, 5) is 0. The molecule has 1 atom stereocenters. The Labute approximate surface area is 109 Å². The molecule has 1 aliphatic rings. The van der Waals surface area contributed by atoms with E-state index in [1.54, 1.807) is 0 Å². The van der Waals surface area contributed by atoms with Crippen LogP contribution in [0.25, 0.3) is 0 Å². The standard InChI is InChI=1S/C15H23NO2/c1-12-3-5-13(6-4-12)14(2,17)15(11-16)7-9-18-10-8-15/h3-6,17H,7-11,16H2,1-2H3. The van der Waals surface area contributed by atoms with Crippen LogP contribution in [0.3, 0.4) is 0 Å². The van der Waals surface area contributed by atoms with Gasteiger partial charge in [-0.3, -0.25) is 0 Å². The van der Waals surface area contributed by atoms with E-state index in [-0.39, 0.29) is 5.41 Å². The minimum atomic E-state index is -0.904. The van der Waals surface area contributed by atoms with E-state index >= 15 is 0 Å². The molecule has 1 aromatic carbocycles. The van der Waals surface area contributed by atoms with E-state index in [0.29, 0.717) is 19.8 Å². The van der Waals surface area contributed by atoms with Crippen LogP contribution >= 0.6 is 0 Å². The molecule has 100 valence electrons. The molecule has 1 unspecified atom stereocenters. The first kappa shape index (κ1) is 13.5. The molecule has 1 saturated heterocycles. The Balaban J connectivity index is 2.35. The molecule has 3 heteroatoms. The van der Waals surface area contributed by atoms with Gasteiger partial charge in [0.25, 0.3) is 0 Å². The van der Waals surface area contributed by atoms with E-state index in [1.165, 1.54) is 5.56 Å². The highest BCUT2D eigenvalue weighted by atomic mass is 16.5. The van der Waals surface area contributed by atoms with Gasteiger partial charge in [-0.1, -0.05) is 29.8 Å². The Bertz CT molecular complexity index is 391. The highest BCUT2D eigenvalue weighted by molar-refractivity contribution is 5.28. The second kappa shape index (κ2) is 5.00. The molecular weight excluding hydrogens is 226 g/mol. The van der Waals surface area contributed by atoms with Gasteiger partial charge in [0.15, 0.2) is 0 Å². The molecule has 0 aromatic heterocycles. The number of nitrogens with two attached hydrogens (primary N) is 1. The zero-order valence-electron chi connectivity index (χ0n) is 11.3. The Morgan fingerprint density at radius 2 is 1.83 bits per heavy atom. The molecule has 1 aliphatic heterocycles. The minimum absolute atomic E-state index is 0.277. The molecule has 0 aliphatic carbocycles. The van der Waals surface area contributed by atoms with Crippen molar-refractivity contribution >= 4 is 0 Å². The van der Waals surface area contributed by atoms with Crippen LogP contribution < -0.4 is 5.73 Å². The van der Waals surface area contributed by atoms with Gasteiger partial charge in [-0.05, 0) is 32.3 Å². The highest BCUT2D eigenvalue weighted by Gasteiger charge is 2.47. The van der Waals surface area contributed by atoms with Crippen molar-refractivity contribution in [2.45, 2.75) is 32.3 Å². The number of hydrogen-bond acceptors (Lipinski definition) is 3. The summed E-state index contributed by atoms with van der Waals surface area (Å²) in [6.07, 6.45) is 1.62. The smallest absolute Gasteiger partial charge is 0.0938 e. The number of benzene rings is 1. The number of rotatable bonds is 3. The molecule has 3 nitrogen and oxygen atoms in total. The van der Waals surface area contributed by atoms with Gasteiger partial charge in [0.2, 0.25) is 0 Å². The summed E-state index contributed by atoms with van der Waals surface area (Å²) in [5.41, 5.74) is 6.94. The number of hydrogen-bond donors (Lipinski definition) is 2. The van der Waals surface area contributed by atoms with Gasteiger partial charge >= 0.3 is 0 Å². The molecule has 1 fully saturated rings. The topological polar surface area (TPSA) is 55.5 Å². The van der Waals surface area contributed by atoms with Crippen LogP contribution in [0, 0.1) is 12.3 Å². The molecule has 2 rings (SSSR count). The number of ether oxygens (including phenoxy) is 1.